The average molecular weight is 423 g/mol. The number of fused-ring (bicyclic) bond motifs is 4. The maximum atomic E-state index is 13.5. The third kappa shape index (κ3) is 2.60. The highest BCUT2D eigenvalue weighted by molar-refractivity contribution is 8.03. The van der Waals surface area contributed by atoms with Gasteiger partial charge in [-0.1, -0.05) is 56.8 Å². The van der Waals surface area contributed by atoms with E-state index in [1.54, 1.807) is 34.4 Å². The van der Waals surface area contributed by atoms with Gasteiger partial charge in [-0.25, -0.2) is 0 Å². The fraction of sp³-hybridized carbons (Fsp3) is 0.217. The molecule has 0 N–H and O–H groups in total. The lowest BCUT2D eigenvalue weighted by Gasteiger charge is -2.35. The molecular formula is C23H18O2S3. The lowest BCUT2D eigenvalue weighted by atomic mass is 9.73. The zero-order valence-electron chi connectivity index (χ0n) is 15.7. The molecule has 0 saturated heterocycles. The van der Waals surface area contributed by atoms with Crippen molar-refractivity contribution in [3.05, 3.63) is 80.1 Å². The van der Waals surface area contributed by atoms with Gasteiger partial charge in [0.2, 0.25) is 0 Å². The largest absolute Gasteiger partial charge is 0.289 e. The van der Waals surface area contributed by atoms with Crippen LogP contribution in [0.1, 0.15) is 37.8 Å². The highest BCUT2D eigenvalue weighted by Gasteiger charge is 2.40. The SMILES string of the molecule is CC(C)(C)C1c2c(sc3ccccc3c2=O)Sc2sc3ccccc3c(=O)c21. The van der Waals surface area contributed by atoms with Crippen LogP contribution in [0, 0.1) is 5.41 Å². The molecule has 1 aliphatic heterocycles. The van der Waals surface area contributed by atoms with Gasteiger partial charge in [0.15, 0.2) is 10.9 Å². The first-order valence-corrected chi connectivity index (χ1v) is 11.6. The van der Waals surface area contributed by atoms with Gasteiger partial charge in [0.1, 0.15) is 0 Å². The Bertz CT molecular complexity index is 1270. The summed E-state index contributed by atoms with van der Waals surface area (Å²) >= 11 is 4.93. The maximum absolute atomic E-state index is 13.5. The molecule has 0 saturated carbocycles. The van der Waals surface area contributed by atoms with Gasteiger partial charge in [-0.2, -0.15) is 0 Å². The van der Waals surface area contributed by atoms with Crippen molar-refractivity contribution in [3.63, 3.8) is 0 Å². The van der Waals surface area contributed by atoms with Crippen LogP contribution in [0.2, 0.25) is 0 Å². The molecule has 0 aliphatic carbocycles. The van der Waals surface area contributed by atoms with Crippen LogP contribution >= 0.6 is 34.4 Å². The van der Waals surface area contributed by atoms with Crippen molar-refractivity contribution < 1.29 is 0 Å². The first kappa shape index (κ1) is 18.1. The van der Waals surface area contributed by atoms with Crippen LogP contribution in [0.4, 0.5) is 0 Å². The predicted molar refractivity (Wildman–Crippen MR) is 122 cm³/mol. The summed E-state index contributed by atoms with van der Waals surface area (Å²) in [6.45, 7) is 6.37. The number of benzene rings is 2. The number of hydrogen-bond acceptors (Lipinski definition) is 5. The highest BCUT2D eigenvalue weighted by atomic mass is 32.2. The minimum absolute atomic E-state index is 0.0694. The Hall–Kier alpha value is -1.95. The summed E-state index contributed by atoms with van der Waals surface area (Å²) < 4.78 is 4.06. The minimum Gasteiger partial charge on any atom is -0.289 e. The summed E-state index contributed by atoms with van der Waals surface area (Å²) in [5, 5.41) is 1.50. The molecule has 2 aromatic carbocycles. The Morgan fingerprint density at radius 3 is 1.57 bits per heavy atom. The van der Waals surface area contributed by atoms with Crippen LogP contribution in [0.5, 0.6) is 0 Å². The van der Waals surface area contributed by atoms with E-state index < -0.39 is 0 Å². The van der Waals surface area contributed by atoms with E-state index in [1.807, 2.05) is 48.5 Å². The second kappa shape index (κ2) is 6.28. The third-order valence-electron chi connectivity index (χ3n) is 5.23. The van der Waals surface area contributed by atoms with E-state index >= 15 is 0 Å². The third-order valence-corrected chi connectivity index (χ3v) is 9.00. The van der Waals surface area contributed by atoms with Crippen molar-refractivity contribution in [1.82, 2.24) is 0 Å². The molecule has 0 unspecified atom stereocenters. The molecule has 28 heavy (non-hydrogen) atoms. The molecule has 0 atom stereocenters. The van der Waals surface area contributed by atoms with Gasteiger partial charge in [-0.05, 0) is 29.7 Å². The monoisotopic (exact) mass is 422 g/mol. The van der Waals surface area contributed by atoms with Crippen molar-refractivity contribution in [2.45, 2.75) is 35.1 Å². The van der Waals surface area contributed by atoms with Crippen LogP contribution in [0.25, 0.3) is 20.2 Å². The van der Waals surface area contributed by atoms with Gasteiger partial charge in [-0.3, -0.25) is 9.59 Å². The molecule has 3 heterocycles. The van der Waals surface area contributed by atoms with Gasteiger partial charge < -0.3 is 0 Å². The fourth-order valence-electron chi connectivity index (χ4n) is 4.02. The lowest BCUT2D eigenvalue weighted by molar-refractivity contribution is 0.350. The van der Waals surface area contributed by atoms with Gasteiger partial charge in [0.25, 0.3) is 0 Å². The molecule has 0 fully saturated rings. The van der Waals surface area contributed by atoms with E-state index in [-0.39, 0.29) is 22.2 Å². The van der Waals surface area contributed by atoms with E-state index in [1.165, 1.54) is 0 Å². The van der Waals surface area contributed by atoms with Crippen LogP contribution in [-0.4, -0.2) is 0 Å². The van der Waals surface area contributed by atoms with Crippen molar-refractivity contribution in [1.29, 1.82) is 0 Å². The quantitative estimate of drug-likeness (QED) is 0.325. The molecule has 5 heteroatoms. The lowest BCUT2D eigenvalue weighted by Crippen LogP contribution is -2.32. The van der Waals surface area contributed by atoms with Crippen molar-refractivity contribution >= 4 is 54.6 Å². The Labute approximate surface area is 174 Å². The van der Waals surface area contributed by atoms with E-state index in [9.17, 15) is 9.59 Å². The molecule has 0 spiro atoms. The molecule has 2 aromatic heterocycles. The van der Waals surface area contributed by atoms with Crippen molar-refractivity contribution in [3.8, 4) is 0 Å². The predicted octanol–water partition coefficient (Wildman–Crippen LogP) is 6.48. The van der Waals surface area contributed by atoms with Gasteiger partial charge in [0, 0.05) is 37.2 Å². The molecule has 0 radical (unpaired) electrons. The zero-order chi connectivity index (χ0) is 19.6. The summed E-state index contributed by atoms with van der Waals surface area (Å²) in [5.74, 6) is -0.208. The molecule has 4 aromatic rings. The first-order chi connectivity index (χ1) is 13.4. The standard InChI is InChI=1S/C23H18O2S3/c1-23(2,3)18-16-19(24)12-8-4-6-10-14(12)26-21(16)28-22-17(18)20(25)13-9-5-7-11-15(13)27-22/h4-11,18H,1-3H3. The molecular weight excluding hydrogens is 404 g/mol. The van der Waals surface area contributed by atoms with Crippen LogP contribution in [-0.2, 0) is 0 Å². The molecule has 0 amide bonds. The van der Waals surface area contributed by atoms with Crippen LogP contribution in [0.15, 0.2) is 66.5 Å². The van der Waals surface area contributed by atoms with E-state index in [2.05, 4.69) is 20.8 Å². The Balaban J connectivity index is 1.93. The van der Waals surface area contributed by atoms with Gasteiger partial charge in [0.05, 0.1) is 8.42 Å². The minimum atomic E-state index is -0.243. The Kier molecular flexibility index (Phi) is 4.06. The van der Waals surface area contributed by atoms with Crippen molar-refractivity contribution in [2.24, 2.45) is 5.41 Å². The highest BCUT2D eigenvalue weighted by Crippen LogP contribution is 2.54. The second-order valence-corrected chi connectivity index (χ2v) is 11.8. The molecule has 1 aliphatic rings. The van der Waals surface area contributed by atoms with E-state index in [0.29, 0.717) is 0 Å². The van der Waals surface area contributed by atoms with Crippen LogP contribution < -0.4 is 10.9 Å². The maximum Gasteiger partial charge on any atom is 0.193 e. The molecule has 0 bridgehead atoms. The number of hydrogen-bond donors (Lipinski definition) is 0. The topological polar surface area (TPSA) is 34.1 Å². The number of rotatable bonds is 0. The summed E-state index contributed by atoms with van der Waals surface area (Å²) in [7, 11) is 0. The molecule has 140 valence electrons. The van der Waals surface area contributed by atoms with Crippen molar-refractivity contribution in [2.75, 3.05) is 0 Å². The smallest absolute Gasteiger partial charge is 0.193 e. The zero-order valence-corrected chi connectivity index (χ0v) is 18.2. The summed E-state index contributed by atoms with van der Waals surface area (Å²) in [5.41, 5.74) is 1.49. The van der Waals surface area contributed by atoms with E-state index in [0.717, 1.165) is 39.7 Å². The summed E-state index contributed by atoms with van der Waals surface area (Å²) in [6.07, 6.45) is 0. The van der Waals surface area contributed by atoms with Crippen LogP contribution in [0.3, 0.4) is 0 Å². The van der Waals surface area contributed by atoms with E-state index in [4.69, 9.17) is 0 Å². The summed E-state index contributed by atoms with van der Waals surface area (Å²) in [4.78, 5) is 27.0. The Morgan fingerprint density at radius 2 is 1.14 bits per heavy atom. The molecule has 2 nitrogen and oxygen atoms in total. The molecule has 5 rings (SSSR count). The normalized spacial score (nSPS) is 14.2. The average Bonchev–Trinajstić information content (AvgIpc) is 2.66. The Morgan fingerprint density at radius 1 is 0.714 bits per heavy atom. The summed E-state index contributed by atoms with van der Waals surface area (Å²) in [6, 6.07) is 15.6. The van der Waals surface area contributed by atoms with Gasteiger partial charge >= 0.3 is 0 Å². The van der Waals surface area contributed by atoms with Gasteiger partial charge in [-0.15, -0.1) is 22.7 Å². The fourth-order valence-corrected chi connectivity index (χ4v) is 8.23. The first-order valence-electron chi connectivity index (χ1n) is 9.15. The second-order valence-electron chi connectivity index (χ2n) is 8.16.